The highest BCUT2D eigenvalue weighted by Gasteiger charge is 2.60. The van der Waals surface area contributed by atoms with Crippen LogP contribution in [0.15, 0.2) is 47.1 Å². The van der Waals surface area contributed by atoms with Crippen molar-refractivity contribution in [3.8, 4) is 0 Å². The fourth-order valence-electron chi connectivity index (χ4n) is 11.4. The number of carbonyl (C=O) groups is 4. The predicted molar refractivity (Wildman–Crippen MR) is 180 cm³/mol. The molecule has 0 unspecified atom stereocenters. The first-order valence-corrected chi connectivity index (χ1v) is 17.8. The van der Waals surface area contributed by atoms with E-state index in [4.69, 9.17) is 0 Å². The molecule has 0 aromatic rings. The molecular formula is C40H56O6. The minimum absolute atomic E-state index is 0.00691. The van der Waals surface area contributed by atoms with E-state index in [2.05, 4.69) is 40.0 Å². The second-order valence-electron chi connectivity index (χ2n) is 16.5. The zero-order chi connectivity index (χ0) is 33.8. The van der Waals surface area contributed by atoms with Crippen molar-refractivity contribution in [3.05, 3.63) is 47.1 Å². The van der Waals surface area contributed by atoms with Crippen molar-refractivity contribution >= 4 is 24.0 Å². The predicted octanol–water partition coefficient (Wildman–Crippen LogP) is 8.77. The van der Waals surface area contributed by atoms with Gasteiger partial charge in [-0.1, -0.05) is 57.6 Å². The number of carboxylic acids is 2. The van der Waals surface area contributed by atoms with Gasteiger partial charge in [0.15, 0.2) is 5.78 Å². The summed E-state index contributed by atoms with van der Waals surface area (Å²) < 4.78 is 0. The van der Waals surface area contributed by atoms with E-state index in [-0.39, 0.29) is 41.3 Å². The number of fused-ring (bicyclic) bond motifs is 3. The Morgan fingerprint density at radius 3 is 2.30 bits per heavy atom. The maximum atomic E-state index is 13.9. The zero-order valence-corrected chi connectivity index (χ0v) is 28.8. The van der Waals surface area contributed by atoms with Crippen molar-refractivity contribution in [3.63, 3.8) is 0 Å². The molecule has 0 spiro atoms. The van der Waals surface area contributed by atoms with E-state index in [1.165, 1.54) is 0 Å². The van der Waals surface area contributed by atoms with Gasteiger partial charge in [-0.2, -0.15) is 0 Å². The van der Waals surface area contributed by atoms with Gasteiger partial charge in [-0.15, -0.1) is 0 Å². The molecule has 0 aliphatic heterocycles. The molecule has 0 aromatic heterocycles. The third kappa shape index (κ3) is 5.49. The molecule has 0 amide bonds. The van der Waals surface area contributed by atoms with E-state index in [0.29, 0.717) is 67.9 Å². The van der Waals surface area contributed by atoms with Gasteiger partial charge < -0.3 is 10.2 Å². The molecule has 0 radical (unpaired) electrons. The first kappa shape index (κ1) is 34.6. The van der Waals surface area contributed by atoms with Gasteiger partial charge in [0.1, 0.15) is 6.29 Å². The van der Waals surface area contributed by atoms with Crippen LogP contribution in [-0.4, -0.2) is 34.2 Å². The van der Waals surface area contributed by atoms with Crippen LogP contribution in [0.4, 0.5) is 0 Å². The summed E-state index contributed by atoms with van der Waals surface area (Å²) in [4.78, 5) is 52.8. The van der Waals surface area contributed by atoms with Gasteiger partial charge in [-0.3, -0.25) is 19.2 Å². The molecular weight excluding hydrogens is 576 g/mol. The number of aldehydes is 1. The number of allylic oxidation sites excluding steroid dienone is 5. The maximum absolute atomic E-state index is 13.9. The monoisotopic (exact) mass is 632 g/mol. The van der Waals surface area contributed by atoms with E-state index >= 15 is 0 Å². The fourth-order valence-corrected chi connectivity index (χ4v) is 11.4. The van der Waals surface area contributed by atoms with Crippen molar-refractivity contribution in [1.82, 2.24) is 0 Å². The topological polar surface area (TPSA) is 109 Å². The van der Waals surface area contributed by atoms with E-state index in [1.54, 1.807) is 0 Å². The first-order chi connectivity index (χ1) is 21.6. The normalized spacial score (nSPS) is 40.4. The lowest BCUT2D eigenvalue weighted by atomic mass is 9.45. The second-order valence-corrected chi connectivity index (χ2v) is 16.5. The van der Waals surface area contributed by atoms with Crippen molar-refractivity contribution in [2.45, 2.75) is 118 Å². The number of carboxylic acid groups (broad SMARTS) is 2. The minimum atomic E-state index is -1.24. The molecule has 5 aliphatic rings. The molecule has 5 aliphatic carbocycles. The summed E-state index contributed by atoms with van der Waals surface area (Å²) in [6, 6.07) is 0. The standard InChI is InChI=1S/C40H56O6/c1-23(2)29-13-9-24(3)30-15-18-40(37(45)46)28(12-11-27(22-41)19-31(29)30)20-34(42)26(5)33(40)21-32-25(4)10-14-35-38(32,6)16-8-17-39(35,7)36(43)44/h19,22-23,28-32,35H,3-4,8-18,20-21H2,1-2,5-7H3,(H,43,44)(H,45,46)/t28-,29+,30+,31+,32-,35+,38+,39+,40+/m1/s1. The molecule has 6 heteroatoms. The molecule has 252 valence electrons. The van der Waals surface area contributed by atoms with Crippen molar-refractivity contribution in [2.24, 2.45) is 57.7 Å². The Hall–Kier alpha value is -2.76. The number of Topliss-reactive ketones (excluding diaryl/α,β-unsaturated/α-hetero) is 1. The van der Waals surface area contributed by atoms with Crippen LogP contribution >= 0.6 is 0 Å². The summed E-state index contributed by atoms with van der Waals surface area (Å²) in [5.41, 5.74) is 1.75. The highest BCUT2D eigenvalue weighted by atomic mass is 16.4. The van der Waals surface area contributed by atoms with Crippen LogP contribution < -0.4 is 0 Å². The summed E-state index contributed by atoms with van der Waals surface area (Å²) in [7, 11) is 0. The Bertz CT molecular complexity index is 1380. The van der Waals surface area contributed by atoms with E-state index < -0.39 is 28.7 Å². The van der Waals surface area contributed by atoms with Crippen LogP contribution in [-0.2, 0) is 19.2 Å². The van der Waals surface area contributed by atoms with Crippen molar-refractivity contribution in [1.29, 1.82) is 0 Å². The number of ketones is 1. The molecule has 46 heavy (non-hydrogen) atoms. The van der Waals surface area contributed by atoms with Gasteiger partial charge in [0, 0.05) is 6.42 Å². The summed E-state index contributed by atoms with van der Waals surface area (Å²) >= 11 is 0. The van der Waals surface area contributed by atoms with Gasteiger partial charge in [0.25, 0.3) is 0 Å². The van der Waals surface area contributed by atoms with Crippen LogP contribution in [0.2, 0.25) is 0 Å². The second kappa shape index (κ2) is 12.7. The molecule has 0 saturated heterocycles. The third-order valence-electron chi connectivity index (χ3n) is 14.2. The Balaban J connectivity index is 1.62. The molecule has 6 nitrogen and oxygen atoms in total. The Kier molecular flexibility index (Phi) is 9.54. The maximum Gasteiger partial charge on any atom is 0.314 e. The third-order valence-corrected chi connectivity index (χ3v) is 14.2. The van der Waals surface area contributed by atoms with Crippen LogP contribution in [0.5, 0.6) is 0 Å². The van der Waals surface area contributed by atoms with E-state index in [0.717, 1.165) is 55.1 Å². The highest BCUT2D eigenvalue weighted by molar-refractivity contribution is 6.00. The van der Waals surface area contributed by atoms with Crippen LogP contribution in [0.1, 0.15) is 118 Å². The lowest BCUT2D eigenvalue weighted by Crippen LogP contribution is -2.54. The molecule has 3 fully saturated rings. The largest absolute Gasteiger partial charge is 0.481 e. The Morgan fingerprint density at radius 2 is 1.67 bits per heavy atom. The summed E-state index contributed by atoms with van der Waals surface area (Å²) in [5.74, 6) is -1.20. The first-order valence-electron chi connectivity index (χ1n) is 17.8. The molecule has 2 N–H and O–H groups in total. The number of carbonyl (C=O) groups excluding carboxylic acids is 2. The smallest absolute Gasteiger partial charge is 0.314 e. The molecule has 0 aromatic carbocycles. The van der Waals surface area contributed by atoms with Crippen LogP contribution in [0.25, 0.3) is 0 Å². The average molecular weight is 633 g/mol. The van der Waals surface area contributed by atoms with Gasteiger partial charge in [0.05, 0.1) is 10.8 Å². The number of hydrogen-bond donors (Lipinski definition) is 2. The lowest BCUT2D eigenvalue weighted by Gasteiger charge is -2.58. The zero-order valence-electron chi connectivity index (χ0n) is 28.8. The molecule has 0 bridgehead atoms. The minimum Gasteiger partial charge on any atom is -0.481 e. The lowest BCUT2D eigenvalue weighted by molar-refractivity contribution is -0.164. The highest BCUT2D eigenvalue weighted by Crippen LogP contribution is 2.64. The summed E-state index contributed by atoms with van der Waals surface area (Å²) in [6.07, 6.45) is 11.4. The number of rotatable bonds is 6. The Morgan fingerprint density at radius 1 is 0.978 bits per heavy atom. The van der Waals surface area contributed by atoms with Gasteiger partial charge in [0.2, 0.25) is 0 Å². The summed E-state index contributed by atoms with van der Waals surface area (Å²) in [5, 5.41) is 21.8. The van der Waals surface area contributed by atoms with Crippen molar-refractivity contribution < 1.29 is 29.4 Å². The number of hydrogen-bond acceptors (Lipinski definition) is 4. The van der Waals surface area contributed by atoms with Crippen LogP contribution in [0.3, 0.4) is 0 Å². The molecule has 5 rings (SSSR count). The van der Waals surface area contributed by atoms with Crippen LogP contribution in [0, 0.1) is 57.7 Å². The number of aliphatic carboxylic acids is 2. The summed E-state index contributed by atoms with van der Waals surface area (Å²) in [6.45, 7) is 19.4. The fraction of sp³-hybridized carbons (Fsp3) is 0.700. The average Bonchev–Trinajstić information content (AvgIpc) is 2.98. The molecule has 3 saturated carbocycles. The van der Waals surface area contributed by atoms with Crippen molar-refractivity contribution in [2.75, 3.05) is 0 Å². The Labute approximate surface area is 275 Å². The van der Waals surface area contributed by atoms with E-state index in [1.807, 2.05) is 13.8 Å². The van der Waals surface area contributed by atoms with Gasteiger partial charge >= 0.3 is 11.9 Å². The SMILES string of the molecule is C=C1CC[C@H]2[C@@](C)(CCC[C@]2(C)C(=O)O)[C@@H]1CC1=C(C)C(=O)C[C@H]2CCC(C=O)=C[C@@H]3[C@@H](CC[C@@]12C(=O)O)C(=C)CC[C@H]3C(C)C. The van der Waals surface area contributed by atoms with Gasteiger partial charge in [-0.25, -0.2) is 0 Å². The van der Waals surface area contributed by atoms with E-state index in [9.17, 15) is 29.4 Å². The van der Waals surface area contributed by atoms with Gasteiger partial charge in [-0.05, 0) is 148 Å². The quantitative estimate of drug-likeness (QED) is 0.224. The molecule has 0 heterocycles. The molecule has 9 atom stereocenters.